The van der Waals surface area contributed by atoms with Crippen LogP contribution in [0.5, 0.6) is 0 Å². The summed E-state index contributed by atoms with van der Waals surface area (Å²) in [5.74, 6) is 1.68. The first kappa shape index (κ1) is 34.9. The molecule has 0 radical (unpaired) electrons. The van der Waals surface area contributed by atoms with Gasteiger partial charge < -0.3 is 9.13 Å². The van der Waals surface area contributed by atoms with Crippen LogP contribution in [0.1, 0.15) is 0 Å². The van der Waals surface area contributed by atoms with Crippen molar-refractivity contribution in [1.82, 2.24) is 33.2 Å². The Hall–Kier alpha value is -8.81. The van der Waals surface area contributed by atoms with Gasteiger partial charge in [-0.2, -0.15) is 15.0 Å². The molecule has 7 heteroatoms. The van der Waals surface area contributed by atoms with Gasteiger partial charge in [0.1, 0.15) is 0 Å². The average Bonchev–Trinajstić information content (AvgIpc) is 4.09. The summed E-state index contributed by atoms with van der Waals surface area (Å²) in [7, 11) is 0. The SMILES string of the molecule is c1ccc(-c2nc(-n3c4ccccc4c4c3ccc3c5ccccc5n(-c5ccccc5)c34)nc(-n3c4ccccc4c4c3ccc3c5ccccc5n(-c5ccccc5)c34)n2)cc1. The fraction of sp³-hybridized carbons (Fsp3) is 0. The summed E-state index contributed by atoms with van der Waals surface area (Å²) in [5.41, 5.74) is 11.8. The molecule has 7 nitrogen and oxygen atoms in total. The van der Waals surface area contributed by atoms with E-state index in [0.29, 0.717) is 17.7 Å². The molecule has 0 spiro atoms. The molecule has 5 aromatic heterocycles. The number of fused-ring (bicyclic) bond motifs is 14. The number of rotatable bonds is 5. The van der Waals surface area contributed by atoms with Crippen LogP contribution in [0.4, 0.5) is 0 Å². The Bertz CT molecular complexity index is 3930. The zero-order chi connectivity index (χ0) is 41.9. The maximum atomic E-state index is 5.54. The molecule has 0 atom stereocenters. The highest BCUT2D eigenvalue weighted by Crippen LogP contribution is 2.44. The molecular weight excluding hydrogens is 783 g/mol. The van der Waals surface area contributed by atoms with Crippen LogP contribution in [0.25, 0.3) is 122 Å². The van der Waals surface area contributed by atoms with Crippen molar-refractivity contribution in [1.29, 1.82) is 0 Å². The zero-order valence-electron chi connectivity index (χ0n) is 34.3. The molecule has 0 aliphatic rings. The molecule has 0 aliphatic carbocycles. The van der Waals surface area contributed by atoms with E-state index in [4.69, 9.17) is 15.0 Å². The second kappa shape index (κ2) is 13.3. The summed E-state index contributed by atoms with van der Waals surface area (Å²) >= 11 is 0. The Kier molecular flexibility index (Phi) is 7.27. The first-order valence-electron chi connectivity index (χ1n) is 21.6. The van der Waals surface area contributed by atoms with Gasteiger partial charge in [0.2, 0.25) is 11.9 Å². The van der Waals surface area contributed by atoms with Gasteiger partial charge in [0.25, 0.3) is 0 Å². The van der Waals surface area contributed by atoms with Crippen LogP contribution in [-0.2, 0) is 0 Å². The molecule has 0 saturated heterocycles. The summed E-state index contributed by atoms with van der Waals surface area (Å²) in [4.78, 5) is 16.3. The standard InChI is InChI=1S/C57H35N7/c1-4-18-36(19-5-1)55-58-56(63-47-30-16-12-26-43(47)51-49(63)34-32-41-39-24-10-14-28-45(39)61(53(41)51)37-20-6-2-7-21-37)60-57(59-55)64-48-31-17-13-27-44(48)52-50(64)35-33-42-40-25-11-15-29-46(40)62(54(42)52)38-22-8-3-9-23-38/h1-35H. The van der Waals surface area contributed by atoms with Crippen molar-refractivity contribution < 1.29 is 0 Å². The molecule has 298 valence electrons. The highest BCUT2D eigenvalue weighted by Gasteiger charge is 2.25. The van der Waals surface area contributed by atoms with Gasteiger partial charge in [0.05, 0.1) is 44.1 Å². The predicted octanol–water partition coefficient (Wildman–Crippen LogP) is 13.9. The van der Waals surface area contributed by atoms with Gasteiger partial charge in [0, 0.05) is 60.0 Å². The van der Waals surface area contributed by atoms with Gasteiger partial charge in [-0.25, -0.2) is 0 Å². The summed E-state index contributed by atoms with van der Waals surface area (Å²) in [6.45, 7) is 0. The highest BCUT2D eigenvalue weighted by atomic mass is 15.3. The minimum Gasteiger partial charge on any atom is -0.309 e. The molecule has 5 heterocycles. The van der Waals surface area contributed by atoms with E-state index in [2.05, 4.69) is 212 Å². The van der Waals surface area contributed by atoms with Gasteiger partial charge >= 0.3 is 0 Å². The minimum atomic E-state index is 0.544. The molecule has 14 rings (SSSR count). The summed E-state index contributed by atoms with van der Waals surface area (Å²) < 4.78 is 9.28. The Morgan fingerprint density at radius 3 is 1.05 bits per heavy atom. The third-order valence-corrected chi connectivity index (χ3v) is 13.0. The van der Waals surface area contributed by atoms with Crippen molar-refractivity contribution in [3.05, 3.63) is 212 Å². The van der Waals surface area contributed by atoms with Crippen LogP contribution in [0.3, 0.4) is 0 Å². The van der Waals surface area contributed by atoms with E-state index in [1.54, 1.807) is 0 Å². The quantitative estimate of drug-likeness (QED) is 0.174. The van der Waals surface area contributed by atoms with Crippen LogP contribution in [0.2, 0.25) is 0 Å². The van der Waals surface area contributed by atoms with E-state index >= 15 is 0 Å². The second-order valence-electron chi connectivity index (χ2n) is 16.4. The van der Waals surface area contributed by atoms with Crippen LogP contribution in [0, 0.1) is 0 Å². The lowest BCUT2D eigenvalue weighted by molar-refractivity contribution is 0.893. The average molecular weight is 818 g/mol. The number of hydrogen-bond donors (Lipinski definition) is 0. The minimum absolute atomic E-state index is 0.544. The molecule has 9 aromatic carbocycles. The lowest BCUT2D eigenvalue weighted by Crippen LogP contribution is -2.10. The third-order valence-electron chi connectivity index (χ3n) is 13.0. The highest BCUT2D eigenvalue weighted by molar-refractivity contribution is 6.27. The molecule has 64 heavy (non-hydrogen) atoms. The largest absolute Gasteiger partial charge is 0.309 e. The normalized spacial score (nSPS) is 12.1. The molecule has 0 unspecified atom stereocenters. The van der Waals surface area contributed by atoms with Crippen molar-refractivity contribution in [3.8, 4) is 34.7 Å². The van der Waals surface area contributed by atoms with Gasteiger partial charge in [-0.15, -0.1) is 0 Å². The lowest BCUT2D eigenvalue weighted by atomic mass is 10.1. The van der Waals surface area contributed by atoms with Crippen LogP contribution in [0.15, 0.2) is 212 Å². The first-order valence-corrected chi connectivity index (χ1v) is 21.6. The summed E-state index contributed by atoms with van der Waals surface area (Å²) in [5, 5.41) is 9.34. The van der Waals surface area contributed by atoms with Crippen molar-refractivity contribution in [2.75, 3.05) is 0 Å². The fourth-order valence-electron chi connectivity index (χ4n) is 10.4. The van der Waals surface area contributed by atoms with Crippen molar-refractivity contribution in [2.45, 2.75) is 0 Å². The third kappa shape index (κ3) is 4.83. The molecule has 0 saturated carbocycles. The summed E-state index contributed by atoms with van der Waals surface area (Å²) in [6, 6.07) is 75.3. The second-order valence-corrected chi connectivity index (χ2v) is 16.4. The molecule has 0 fully saturated rings. The van der Waals surface area contributed by atoms with E-state index in [1.165, 1.54) is 21.5 Å². The Balaban J connectivity index is 1.11. The maximum absolute atomic E-state index is 5.54. The predicted molar refractivity (Wildman–Crippen MR) is 263 cm³/mol. The maximum Gasteiger partial charge on any atom is 0.240 e. The van der Waals surface area contributed by atoms with E-state index in [9.17, 15) is 0 Å². The van der Waals surface area contributed by atoms with Gasteiger partial charge in [0.15, 0.2) is 5.82 Å². The van der Waals surface area contributed by atoms with Crippen LogP contribution in [-0.4, -0.2) is 33.2 Å². The molecule has 0 N–H and O–H groups in total. The Morgan fingerprint density at radius 1 is 0.250 bits per heavy atom. The Labute approximate surface area is 366 Å². The van der Waals surface area contributed by atoms with Crippen molar-refractivity contribution in [3.63, 3.8) is 0 Å². The lowest BCUT2D eigenvalue weighted by Gasteiger charge is -2.13. The molecule has 0 amide bonds. The smallest absolute Gasteiger partial charge is 0.240 e. The summed E-state index contributed by atoms with van der Waals surface area (Å²) in [6.07, 6.45) is 0. The van der Waals surface area contributed by atoms with Gasteiger partial charge in [-0.05, 0) is 60.7 Å². The molecular formula is C57H35N7. The van der Waals surface area contributed by atoms with Gasteiger partial charge in [-0.1, -0.05) is 152 Å². The van der Waals surface area contributed by atoms with Crippen LogP contribution < -0.4 is 0 Å². The zero-order valence-corrected chi connectivity index (χ0v) is 34.3. The van der Waals surface area contributed by atoms with Crippen LogP contribution >= 0.6 is 0 Å². The number of aromatic nitrogens is 7. The van der Waals surface area contributed by atoms with E-state index in [1.807, 2.05) is 18.2 Å². The molecule has 0 bridgehead atoms. The number of para-hydroxylation sites is 6. The van der Waals surface area contributed by atoms with E-state index < -0.39 is 0 Å². The van der Waals surface area contributed by atoms with E-state index in [-0.39, 0.29) is 0 Å². The molecule has 14 aromatic rings. The fourth-order valence-corrected chi connectivity index (χ4v) is 10.4. The first-order chi connectivity index (χ1) is 31.8. The van der Waals surface area contributed by atoms with Gasteiger partial charge in [-0.3, -0.25) is 9.13 Å². The van der Waals surface area contributed by atoms with Crippen molar-refractivity contribution in [2.24, 2.45) is 0 Å². The topological polar surface area (TPSA) is 58.4 Å². The van der Waals surface area contributed by atoms with E-state index in [0.717, 1.165) is 82.6 Å². The number of nitrogens with zero attached hydrogens (tertiary/aromatic N) is 7. The molecule has 0 aliphatic heterocycles. The monoisotopic (exact) mass is 817 g/mol. The Morgan fingerprint density at radius 2 is 0.609 bits per heavy atom. The van der Waals surface area contributed by atoms with Crippen molar-refractivity contribution >= 4 is 87.2 Å². The number of hydrogen-bond acceptors (Lipinski definition) is 3. The number of benzene rings is 9.